The average Bonchev–Trinajstić information content (AvgIpc) is 3.08. The Morgan fingerprint density at radius 1 is 1.32 bits per heavy atom. The second-order valence-corrected chi connectivity index (χ2v) is 6.08. The highest BCUT2D eigenvalue weighted by atomic mass is 16.4. The number of carbonyl (C=O) groups excluding carboxylic acids is 1. The molecule has 2 unspecified atom stereocenters. The Morgan fingerprint density at radius 3 is 2.32 bits per heavy atom. The van der Waals surface area contributed by atoms with Gasteiger partial charge in [0.15, 0.2) is 0 Å². The number of rotatable bonds is 7. The summed E-state index contributed by atoms with van der Waals surface area (Å²) >= 11 is 0. The number of aliphatic carboxylic acids is 1. The van der Waals surface area contributed by atoms with Gasteiger partial charge in [0, 0.05) is 19.1 Å². The maximum Gasteiger partial charge on any atom is 0.317 e. The van der Waals surface area contributed by atoms with Crippen molar-refractivity contribution in [1.82, 2.24) is 10.2 Å². The van der Waals surface area contributed by atoms with Crippen LogP contribution in [0.4, 0.5) is 4.79 Å². The van der Waals surface area contributed by atoms with Crippen LogP contribution in [0.3, 0.4) is 0 Å². The van der Waals surface area contributed by atoms with Crippen LogP contribution in [0.15, 0.2) is 0 Å². The molecule has 0 aromatic carbocycles. The van der Waals surface area contributed by atoms with E-state index in [4.69, 9.17) is 5.11 Å². The van der Waals surface area contributed by atoms with Crippen LogP contribution in [-0.2, 0) is 4.79 Å². The lowest BCUT2D eigenvalue weighted by Crippen LogP contribution is -2.48. The number of amides is 2. The minimum absolute atomic E-state index is 0.0167. The minimum Gasteiger partial charge on any atom is -0.481 e. The molecule has 2 atom stereocenters. The Hall–Kier alpha value is -1.26. The molecule has 110 valence electrons. The highest BCUT2D eigenvalue weighted by Gasteiger charge is 2.34. The third kappa shape index (κ3) is 5.49. The van der Waals surface area contributed by atoms with Crippen molar-refractivity contribution in [2.24, 2.45) is 11.8 Å². The molecule has 0 bridgehead atoms. The van der Waals surface area contributed by atoms with E-state index in [9.17, 15) is 9.59 Å². The third-order valence-electron chi connectivity index (χ3n) is 3.69. The molecule has 0 spiro atoms. The predicted octanol–water partition coefficient (Wildman–Crippen LogP) is 2.32. The zero-order valence-electron chi connectivity index (χ0n) is 12.3. The Labute approximate surface area is 115 Å². The van der Waals surface area contributed by atoms with Crippen LogP contribution in [-0.4, -0.2) is 41.1 Å². The van der Waals surface area contributed by atoms with E-state index in [1.165, 1.54) is 0 Å². The average molecular weight is 270 g/mol. The van der Waals surface area contributed by atoms with Gasteiger partial charge in [-0.25, -0.2) is 4.79 Å². The summed E-state index contributed by atoms with van der Waals surface area (Å²) in [4.78, 5) is 24.6. The molecule has 2 amide bonds. The second kappa shape index (κ2) is 6.78. The fraction of sp³-hybridized carbons (Fsp3) is 0.857. The number of carboxylic acid groups (broad SMARTS) is 1. The molecule has 0 aromatic heterocycles. The predicted molar refractivity (Wildman–Crippen MR) is 74.0 cm³/mol. The smallest absolute Gasteiger partial charge is 0.317 e. The molecule has 1 fully saturated rings. The Morgan fingerprint density at radius 2 is 1.89 bits per heavy atom. The van der Waals surface area contributed by atoms with Gasteiger partial charge in [0.05, 0.1) is 6.42 Å². The molecule has 1 aliphatic carbocycles. The highest BCUT2D eigenvalue weighted by molar-refractivity contribution is 5.76. The van der Waals surface area contributed by atoms with E-state index >= 15 is 0 Å². The van der Waals surface area contributed by atoms with Gasteiger partial charge in [-0.3, -0.25) is 4.79 Å². The first-order valence-electron chi connectivity index (χ1n) is 7.06. The number of nitrogens with zero attached hydrogens (tertiary/aromatic N) is 1. The molecule has 0 heterocycles. The number of nitrogens with one attached hydrogen (secondary N) is 1. The number of hydrogen-bond donors (Lipinski definition) is 2. The van der Waals surface area contributed by atoms with Gasteiger partial charge in [-0.2, -0.15) is 0 Å². The first-order valence-corrected chi connectivity index (χ1v) is 7.06. The van der Waals surface area contributed by atoms with Crippen molar-refractivity contribution >= 4 is 12.0 Å². The standard InChI is InChI=1S/C14H26N2O3/c1-9(2)7-10(3)16(4)14(19)15-12(8-13(17)18)11-5-6-11/h9-12H,5-8H2,1-4H3,(H,15,19)(H,17,18). The molecule has 2 N–H and O–H groups in total. The minimum atomic E-state index is -0.852. The van der Waals surface area contributed by atoms with E-state index in [0.29, 0.717) is 11.8 Å². The first-order chi connectivity index (χ1) is 8.81. The third-order valence-corrected chi connectivity index (χ3v) is 3.69. The summed E-state index contributed by atoms with van der Waals surface area (Å²) in [5.41, 5.74) is 0. The maximum absolute atomic E-state index is 12.1. The molecule has 0 saturated heterocycles. The molecule has 0 aromatic rings. The van der Waals surface area contributed by atoms with E-state index in [0.717, 1.165) is 19.3 Å². The van der Waals surface area contributed by atoms with Crippen LogP contribution >= 0.6 is 0 Å². The second-order valence-electron chi connectivity index (χ2n) is 6.08. The van der Waals surface area contributed by atoms with Gasteiger partial charge < -0.3 is 15.3 Å². The Balaban J connectivity index is 2.48. The molecule has 5 heteroatoms. The van der Waals surface area contributed by atoms with Crippen molar-refractivity contribution in [3.8, 4) is 0 Å². The van der Waals surface area contributed by atoms with E-state index < -0.39 is 5.97 Å². The van der Waals surface area contributed by atoms with E-state index in [1.54, 1.807) is 11.9 Å². The molecule has 5 nitrogen and oxygen atoms in total. The zero-order valence-corrected chi connectivity index (χ0v) is 12.3. The van der Waals surface area contributed by atoms with Gasteiger partial charge in [0.1, 0.15) is 0 Å². The molecule has 0 aliphatic heterocycles. The fourth-order valence-electron chi connectivity index (χ4n) is 2.32. The molecule has 1 aliphatic rings. The largest absolute Gasteiger partial charge is 0.481 e. The van der Waals surface area contributed by atoms with Crippen molar-refractivity contribution in [3.63, 3.8) is 0 Å². The number of carbonyl (C=O) groups is 2. The summed E-state index contributed by atoms with van der Waals surface area (Å²) in [6, 6.07) is -0.227. The number of carboxylic acids is 1. The monoisotopic (exact) mass is 270 g/mol. The van der Waals surface area contributed by atoms with E-state index in [-0.39, 0.29) is 24.5 Å². The van der Waals surface area contributed by atoms with E-state index in [2.05, 4.69) is 19.2 Å². The summed E-state index contributed by atoms with van der Waals surface area (Å²) in [5.74, 6) is 0.0208. The van der Waals surface area contributed by atoms with Crippen LogP contribution < -0.4 is 5.32 Å². The van der Waals surface area contributed by atoms with Crippen LogP contribution in [0.2, 0.25) is 0 Å². The first kappa shape index (κ1) is 15.8. The van der Waals surface area contributed by atoms with Gasteiger partial charge in [-0.15, -0.1) is 0 Å². The molecule has 0 radical (unpaired) electrons. The SMILES string of the molecule is CC(C)CC(C)N(C)C(=O)NC(CC(=O)O)C1CC1. The zero-order chi connectivity index (χ0) is 14.6. The molecule has 1 rings (SSSR count). The lowest BCUT2D eigenvalue weighted by atomic mass is 10.0. The number of hydrogen-bond acceptors (Lipinski definition) is 2. The van der Waals surface area contributed by atoms with Crippen LogP contribution in [0.5, 0.6) is 0 Å². The Bertz CT molecular complexity index is 327. The van der Waals surface area contributed by atoms with Crippen LogP contribution in [0.25, 0.3) is 0 Å². The van der Waals surface area contributed by atoms with Crippen molar-refractivity contribution < 1.29 is 14.7 Å². The molecular weight excluding hydrogens is 244 g/mol. The van der Waals surface area contributed by atoms with Crippen molar-refractivity contribution in [2.75, 3.05) is 7.05 Å². The maximum atomic E-state index is 12.1. The van der Waals surface area contributed by atoms with Gasteiger partial charge in [0.25, 0.3) is 0 Å². The van der Waals surface area contributed by atoms with Crippen LogP contribution in [0, 0.1) is 11.8 Å². The summed E-state index contributed by atoms with van der Waals surface area (Å²) in [5, 5.41) is 11.7. The van der Waals surface area contributed by atoms with Crippen molar-refractivity contribution in [3.05, 3.63) is 0 Å². The van der Waals surface area contributed by atoms with Gasteiger partial charge >= 0.3 is 12.0 Å². The highest BCUT2D eigenvalue weighted by Crippen LogP contribution is 2.34. The number of urea groups is 1. The van der Waals surface area contributed by atoms with Crippen LogP contribution in [0.1, 0.15) is 46.5 Å². The Kier molecular flexibility index (Phi) is 5.63. The van der Waals surface area contributed by atoms with Crippen molar-refractivity contribution in [2.45, 2.75) is 58.5 Å². The summed E-state index contributed by atoms with van der Waals surface area (Å²) < 4.78 is 0. The van der Waals surface area contributed by atoms with Gasteiger partial charge in [-0.1, -0.05) is 13.8 Å². The lowest BCUT2D eigenvalue weighted by molar-refractivity contribution is -0.137. The molecule has 1 saturated carbocycles. The molecular formula is C14H26N2O3. The lowest BCUT2D eigenvalue weighted by Gasteiger charge is -2.28. The molecule has 19 heavy (non-hydrogen) atoms. The quantitative estimate of drug-likeness (QED) is 0.746. The van der Waals surface area contributed by atoms with E-state index in [1.807, 2.05) is 6.92 Å². The van der Waals surface area contributed by atoms with Gasteiger partial charge in [-0.05, 0) is 38.0 Å². The normalized spacial score (nSPS) is 17.9. The summed E-state index contributed by atoms with van der Waals surface area (Å²) in [6.45, 7) is 6.27. The fourth-order valence-corrected chi connectivity index (χ4v) is 2.32. The van der Waals surface area contributed by atoms with Crippen molar-refractivity contribution in [1.29, 1.82) is 0 Å². The summed E-state index contributed by atoms with van der Waals surface area (Å²) in [7, 11) is 1.77. The van der Waals surface area contributed by atoms with Gasteiger partial charge in [0.2, 0.25) is 0 Å². The topological polar surface area (TPSA) is 69.6 Å². The summed E-state index contributed by atoms with van der Waals surface area (Å²) in [6.07, 6.45) is 2.99.